The molecule has 3 aliphatic rings. The number of rotatable bonds is 11. The number of benzene rings is 1. The van der Waals surface area contributed by atoms with Gasteiger partial charge in [-0.15, -0.1) is 15.1 Å². The van der Waals surface area contributed by atoms with Gasteiger partial charge in [0.2, 0.25) is 11.6 Å². The van der Waals surface area contributed by atoms with Crippen molar-refractivity contribution in [3.8, 4) is 0 Å². The largest absolute Gasteiger partial charge is 0.481 e. The predicted octanol–water partition coefficient (Wildman–Crippen LogP) is 8.19. The lowest BCUT2D eigenvalue weighted by molar-refractivity contribution is -0.130. The summed E-state index contributed by atoms with van der Waals surface area (Å²) in [5.74, 6) is -1.38. The van der Waals surface area contributed by atoms with Crippen molar-refractivity contribution in [2.75, 3.05) is 7.11 Å². The fraction of sp³-hybridized carbons (Fsp3) is 0.667. The van der Waals surface area contributed by atoms with E-state index in [0.29, 0.717) is 25.7 Å². The molecule has 1 N–H and O–H groups in total. The van der Waals surface area contributed by atoms with Crippen LogP contribution in [0.3, 0.4) is 0 Å². The van der Waals surface area contributed by atoms with Crippen molar-refractivity contribution < 1.29 is 19.1 Å². The lowest BCUT2D eigenvalue weighted by Gasteiger charge is -2.29. The second-order valence-corrected chi connectivity index (χ2v) is 10.7. The summed E-state index contributed by atoms with van der Waals surface area (Å²) in [6, 6.07) is 4.36. The first-order valence-electron chi connectivity index (χ1n) is 16.6. The molecule has 0 aromatic heterocycles. The zero-order valence-electron chi connectivity index (χ0n) is 27.7. The Morgan fingerprint density at radius 3 is 2.09 bits per heavy atom. The van der Waals surface area contributed by atoms with Crippen LogP contribution in [0, 0.1) is 4.91 Å². The Balaban J connectivity index is 0.00000162. The van der Waals surface area contributed by atoms with Gasteiger partial charge in [0.25, 0.3) is 11.8 Å². The van der Waals surface area contributed by atoms with E-state index in [1.165, 1.54) is 12.0 Å². The third-order valence-electron chi connectivity index (χ3n) is 8.27. The van der Waals surface area contributed by atoms with Crippen LogP contribution in [0.1, 0.15) is 139 Å². The number of nitroso groups, excluding NO2 is 1. The van der Waals surface area contributed by atoms with Crippen LogP contribution < -0.4 is 5.32 Å². The Hall–Kier alpha value is -3.63. The Labute approximate surface area is 262 Å². The molecule has 11 nitrogen and oxygen atoms in total. The second kappa shape index (κ2) is 18.9. The highest BCUT2D eigenvalue weighted by Crippen LogP contribution is 2.34. The highest BCUT2D eigenvalue weighted by Gasteiger charge is 2.41. The SMILES string of the molecule is CC.CC.CCC(CC)N1C(=O)c2cccc(N=N/C(C(=O)N(N=O)C3CCCCC3)=C(/NC3CCCCC3)OC)c2C1=O. The van der Waals surface area contributed by atoms with Crippen LogP contribution in [0.15, 0.2) is 45.3 Å². The number of carbonyl (C=O) groups is 3. The van der Waals surface area contributed by atoms with Crippen LogP contribution in [-0.4, -0.2) is 52.9 Å². The predicted molar refractivity (Wildman–Crippen MR) is 172 cm³/mol. The van der Waals surface area contributed by atoms with Gasteiger partial charge in [0, 0.05) is 12.1 Å². The van der Waals surface area contributed by atoms with E-state index in [-0.39, 0.29) is 52.4 Å². The zero-order chi connectivity index (χ0) is 32.6. The third kappa shape index (κ3) is 8.51. The molecule has 0 unspecified atom stereocenters. The van der Waals surface area contributed by atoms with Crippen molar-refractivity contribution >= 4 is 23.4 Å². The molecule has 0 saturated heterocycles. The number of nitrogens with one attached hydrogen (secondary N) is 1. The van der Waals surface area contributed by atoms with E-state index in [1.54, 1.807) is 18.2 Å². The van der Waals surface area contributed by atoms with E-state index in [4.69, 9.17) is 4.74 Å². The molecule has 2 saturated carbocycles. The first-order chi connectivity index (χ1) is 21.4. The molecular weight excluding hydrogens is 560 g/mol. The summed E-state index contributed by atoms with van der Waals surface area (Å²) in [5.41, 5.74) is 0.401. The number of hydrogen-bond donors (Lipinski definition) is 1. The summed E-state index contributed by atoms with van der Waals surface area (Å²) in [7, 11) is 1.43. The van der Waals surface area contributed by atoms with Crippen LogP contribution in [0.4, 0.5) is 5.69 Å². The highest BCUT2D eigenvalue weighted by atomic mass is 16.5. The Kier molecular flexibility index (Phi) is 15.7. The maximum atomic E-state index is 13.8. The lowest BCUT2D eigenvalue weighted by atomic mass is 9.95. The van der Waals surface area contributed by atoms with E-state index in [1.807, 2.05) is 41.5 Å². The monoisotopic (exact) mass is 612 g/mol. The van der Waals surface area contributed by atoms with Gasteiger partial charge in [0.15, 0.2) is 0 Å². The number of imide groups is 1. The van der Waals surface area contributed by atoms with Crippen molar-refractivity contribution in [1.29, 1.82) is 0 Å². The molecule has 1 heterocycles. The first kappa shape index (κ1) is 36.6. The summed E-state index contributed by atoms with van der Waals surface area (Å²) in [6.45, 7) is 11.9. The number of ether oxygens (including phenoxy) is 1. The van der Waals surface area contributed by atoms with Gasteiger partial charge in [-0.3, -0.25) is 19.3 Å². The van der Waals surface area contributed by atoms with E-state index in [2.05, 4.69) is 20.8 Å². The lowest BCUT2D eigenvalue weighted by Crippen LogP contribution is -2.40. The van der Waals surface area contributed by atoms with Crippen LogP contribution in [0.2, 0.25) is 0 Å². The third-order valence-corrected chi connectivity index (χ3v) is 8.27. The minimum absolute atomic E-state index is 0.0859. The quantitative estimate of drug-likeness (QED) is 0.0669. The summed E-state index contributed by atoms with van der Waals surface area (Å²) in [6.07, 6.45) is 10.6. The minimum atomic E-state index is -0.709. The van der Waals surface area contributed by atoms with Gasteiger partial charge in [-0.25, -0.2) is 0 Å². The summed E-state index contributed by atoms with van der Waals surface area (Å²) in [4.78, 5) is 53.5. The Morgan fingerprint density at radius 2 is 1.55 bits per heavy atom. The van der Waals surface area contributed by atoms with Gasteiger partial charge in [0.1, 0.15) is 0 Å². The molecule has 4 rings (SSSR count). The van der Waals surface area contributed by atoms with Gasteiger partial charge >= 0.3 is 5.91 Å². The van der Waals surface area contributed by atoms with Crippen LogP contribution in [0.5, 0.6) is 0 Å². The van der Waals surface area contributed by atoms with Crippen LogP contribution in [0.25, 0.3) is 0 Å². The molecule has 0 bridgehead atoms. The second-order valence-electron chi connectivity index (χ2n) is 10.7. The van der Waals surface area contributed by atoms with Crippen molar-refractivity contribution in [3.63, 3.8) is 0 Å². The maximum Gasteiger partial charge on any atom is 0.302 e. The van der Waals surface area contributed by atoms with Gasteiger partial charge in [-0.1, -0.05) is 86.1 Å². The molecule has 1 aliphatic heterocycles. The molecule has 0 spiro atoms. The van der Waals surface area contributed by atoms with E-state index < -0.39 is 11.8 Å². The number of azo groups is 1. The fourth-order valence-electron chi connectivity index (χ4n) is 6.00. The van der Waals surface area contributed by atoms with Crippen LogP contribution >= 0.6 is 0 Å². The number of carbonyl (C=O) groups excluding carboxylic acids is 3. The maximum absolute atomic E-state index is 13.8. The normalized spacial score (nSPS) is 17.7. The zero-order valence-corrected chi connectivity index (χ0v) is 27.7. The topological polar surface area (TPSA) is 133 Å². The highest BCUT2D eigenvalue weighted by molar-refractivity contribution is 6.23. The number of hydrogen-bond acceptors (Lipinski definition) is 9. The number of methoxy groups -OCH3 is 1. The molecule has 3 amide bonds. The number of amides is 3. The van der Waals surface area contributed by atoms with Crippen molar-refractivity contribution in [3.05, 3.63) is 45.8 Å². The average Bonchev–Trinajstić information content (AvgIpc) is 3.34. The van der Waals surface area contributed by atoms with Crippen molar-refractivity contribution in [2.45, 2.75) is 137 Å². The first-order valence-corrected chi connectivity index (χ1v) is 16.6. The van der Waals surface area contributed by atoms with Crippen molar-refractivity contribution in [2.24, 2.45) is 15.5 Å². The summed E-state index contributed by atoms with van der Waals surface area (Å²) in [5, 5.41) is 15.9. The molecule has 0 radical (unpaired) electrons. The Morgan fingerprint density at radius 1 is 0.955 bits per heavy atom. The van der Waals surface area contributed by atoms with E-state index in [9.17, 15) is 19.3 Å². The van der Waals surface area contributed by atoms with Crippen molar-refractivity contribution in [1.82, 2.24) is 15.2 Å². The van der Waals surface area contributed by atoms with E-state index >= 15 is 0 Å². The van der Waals surface area contributed by atoms with Gasteiger partial charge in [-0.2, -0.15) is 5.01 Å². The number of nitrogens with zero attached hydrogens (tertiary/aromatic N) is 5. The standard InChI is InChI=1S/C29H40N6O5.2C2H6/c1-4-20(5-2)34-27(36)22-17-12-18-23(24(22)28(34)37)31-32-25(26(40-3)30-19-13-8-6-9-14-19)29(38)35(33-39)21-15-10-7-11-16-21;2*1-2/h12,17-21,30H,4-11,13-16H2,1-3H3;2*1-2H3/b26-25-,32-31?;;. The summed E-state index contributed by atoms with van der Waals surface area (Å²) < 4.78 is 5.61. The average molecular weight is 613 g/mol. The van der Waals surface area contributed by atoms with E-state index in [0.717, 1.165) is 56.4 Å². The van der Waals surface area contributed by atoms with Gasteiger partial charge in [-0.05, 0) is 50.7 Å². The molecule has 11 heteroatoms. The molecule has 44 heavy (non-hydrogen) atoms. The molecule has 244 valence electrons. The molecular formula is C33H52N6O5. The number of fused-ring (bicyclic) bond motifs is 1. The molecule has 0 atom stereocenters. The molecule has 1 aromatic rings. The fourth-order valence-corrected chi connectivity index (χ4v) is 6.00. The van der Waals surface area contributed by atoms with Gasteiger partial charge in [0.05, 0.1) is 35.3 Å². The van der Waals surface area contributed by atoms with Gasteiger partial charge < -0.3 is 10.1 Å². The Bertz CT molecular complexity index is 1170. The summed E-state index contributed by atoms with van der Waals surface area (Å²) >= 11 is 0. The minimum Gasteiger partial charge on any atom is -0.481 e. The smallest absolute Gasteiger partial charge is 0.302 e. The molecule has 2 aliphatic carbocycles. The van der Waals surface area contributed by atoms with Crippen LogP contribution in [-0.2, 0) is 9.53 Å². The molecule has 1 aromatic carbocycles. The molecule has 2 fully saturated rings.